The first-order valence-electron chi connectivity index (χ1n) is 7.29. The Kier molecular flexibility index (Phi) is 4.04. The molecule has 23 heavy (non-hydrogen) atoms. The van der Waals surface area contributed by atoms with Crippen LogP contribution < -0.4 is 5.73 Å². The summed E-state index contributed by atoms with van der Waals surface area (Å²) >= 11 is 0. The lowest BCUT2D eigenvalue weighted by Gasteiger charge is -2.35. The van der Waals surface area contributed by atoms with Crippen molar-refractivity contribution >= 4 is 5.91 Å². The number of likely N-dealkylation sites (tertiary alicyclic amines) is 1. The summed E-state index contributed by atoms with van der Waals surface area (Å²) in [5.74, 6) is -1.83. The van der Waals surface area contributed by atoms with Gasteiger partial charge in [0.15, 0.2) is 0 Å². The summed E-state index contributed by atoms with van der Waals surface area (Å²) in [6, 6.07) is 3.32. The zero-order valence-corrected chi connectivity index (χ0v) is 12.4. The van der Waals surface area contributed by atoms with Gasteiger partial charge in [0, 0.05) is 25.0 Å². The molecule has 0 unspecified atom stereocenters. The highest BCUT2D eigenvalue weighted by Crippen LogP contribution is 2.38. The quantitative estimate of drug-likeness (QED) is 0.932. The molecule has 1 fully saturated rings. The van der Waals surface area contributed by atoms with E-state index in [1.54, 1.807) is 0 Å². The molecule has 2 heterocycles. The Bertz CT molecular complexity index is 705. The van der Waals surface area contributed by atoms with E-state index in [2.05, 4.69) is 9.97 Å². The van der Waals surface area contributed by atoms with E-state index < -0.39 is 23.1 Å². The van der Waals surface area contributed by atoms with Crippen molar-refractivity contribution in [1.82, 2.24) is 14.9 Å². The summed E-state index contributed by atoms with van der Waals surface area (Å²) in [7, 11) is 0. The second kappa shape index (κ2) is 6.00. The molecule has 7 heteroatoms. The van der Waals surface area contributed by atoms with Crippen molar-refractivity contribution in [2.75, 3.05) is 6.54 Å². The van der Waals surface area contributed by atoms with Crippen LogP contribution in [0, 0.1) is 11.6 Å². The number of amides is 1. The molecule has 3 rings (SSSR count). The number of halogens is 2. The summed E-state index contributed by atoms with van der Waals surface area (Å²) in [6.07, 6.45) is 5.75. The molecule has 1 atom stereocenters. The van der Waals surface area contributed by atoms with E-state index in [0.717, 1.165) is 12.5 Å². The van der Waals surface area contributed by atoms with Crippen molar-refractivity contribution in [2.45, 2.75) is 24.9 Å². The number of rotatable bonds is 4. The summed E-state index contributed by atoms with van der Waals surface area (Å²) in [5, 5.41) is 0. The minimum Gasteiger partial charge on any atom is -0.368 e. The predicted octanol–water partition coefficient (Wildman–Crippen LogP) is 1.73. The smallest absolute Gasteiger partial charge is 0.244 e. The largest absolute Gasteiger partial charge is 0.368 e. The third-order valence-electron chi connectivity index (χ3n) is 4.20. The van der Waals surface area contributed by atoms with Gasteiger partial charge in [0.25, 0.3) is 0 Å². The molecular formula is C16H16F2N4O. The normalized spacial score (nSPS) is 21.5. The van der Waals surface area contributed by atoms with E-state index in [1.807, 2.05) is 4.90 Å². The lowest BCUT2D eigenvalue weighted by atomic mass is 9.91. The van der Waals surface area contributed by atoms with Gasteiger partial charge in [-0.2, -0.15) is 0 Å². The lowest BCUT2D eigenvalue weighted by molar-refractivity contribution is -0.129. The zero-order valence-electron chi connectivity index (χ0n) is 12.4. The van der Waals surface area contributed by atoms with E-state index in [4.69, 9.17) is 5.73 Å². The summed E-state index contributed by atoms with van der Waals surface area (Å²) in [5.41, 5.74) is 5.48. The number of nitrogens with two attached hydrogens (primary N) is 1. The van der Waals surface area contributed by atoms with Gasteiger partial charge < -0.3 is 5.73 Å². The minimum atomic E-state index is -1.10. The zero-order chi connectivity index (χ0) is 16.4. The van der Waals surface area contributed by atoms with Crippen LogP contribution in [0.25, 0.3) is 0 Å². The highest BCUT2D eigenvalue weighted by molar-refractivity contribution is 5.86. The number of hydrogen-bond donors (Lipinski definition) is 1. The maximum Gasteiger partial charge on any atom is 0.244 e. The van der Waals surface area contributed by atoms with Crippen LogP contribution in [-0.4, -0.2) is 27.3 Å². The molecule has 1 aliphatic heterocycles. The third-order valence-corrected chi connectivity index (χ3v) is 4.20. The van der Waals surface area contributed by atoms with Crippen molar-refractivity contribution in [2.24, 2.45) is 5.73 Å². The van der Waals surface area contributed by atoms with Gasteiger partial charge in [-0.05, 0) is 37.1 Å². The number of carbonyl (C=O) groups is 1. The van der Waals surface area contributed by atoms with Crippen LogP contribution in [-0.2, 0) is 16.9 Å². The lowest BCUT2D eigenvalue weighted by Crippen LogP contribution is -2.51. The second-order valence-corrected chi connectivity index (χ2v) is 5.62. The van der Waals surface area contributed by atoms with Crippen LogP contribution in [0.4, 0.5) is 8.78 Å². The maximum atomic E-state index is 13.4. The van der Waals surface area contributed by atoms with Gasteiger partial charge in [-0.1, -0.05) is 0 Å². The molecule has 1 aromatic carbocycles. The van der Waals surface area contributed by atoms with E-state index in [1.165, 1.54) is 30.7 Å². The first-order valence-corrected chi connectivity index (χ1v) is 7.29. The Hall–Kier alpha value is -2.41. The van der Waals surface area contributed by atoms with Crippen molar-refractivity contribution in [3.05, 3.63) is 59.7 Å². The van der Waals surface area contributed by atoms with Gasteiger partial charge in [-0.25, -0.2) is 8.78 Å². The van der Waals surface area contributed by atoms with E-state index in [9.17, 15) is 13.6 Å². The van der Waals surface area contributed by atoms with Gasteiger partial charge in [-0.15, -0.1) is 0 Å². The molecule has 0 spiro atoms. The van der Waals surface area contributed by atoms with Crippen LogP contribution in [0.2, 0.25) is 0 Å². The second-order valence-electron chi connectivity index (χ2n) is 5.62. The van der Waals surface area contributed by atoms with Gasteiger partial charge in [-0.3, -0.25) is 19.7 Å². The van der Waals surface area contributed by atoms with Crippen LogP contribution in [0.15, 0.2) is 36.8 Å². The van der Waals surface area contributed by atoms with E-state index in [0.29, 0.717) is 24.2 Å². The van der Waals surface area contributed by atoms with Gasteiger partial charge in [0.1, 0.15) is 17.2 Å². The molecule has 0 aliphatic carbocycles. The Labute approximate surface area is 132 Å². The SMILES string of the molecule is NC(=O)[C@]1(c2cnccn2)CCCN1Cc1cc(F)cc(F)c1. The Morgan fingerprint density at radius 1 is 1.26 bits per heavy atom. The van der Waals surface area contributed by atoms with E-state index in [-0.39, 0.29) is 6.54 Å². The molecule has 1 aromatic heterocycles. The van der Waals surface area contributed by atoms with Gasteiger partial charge in [0.05, 0.1) is 11.9 Å². The molecule has 0 saturated carbocycles. The average Bonchev–Trinajstić information content (AvgIpc) is 2.91. The fraction of sp³-hybridized carbons (Fsp3) is 0.312. The first kappa shape index (κ1) is 15.5. The van der Waals surface area contributed by atoms with Crippen LogP contribution in [0.3, 0.4) is 0 Å². The number of primary amides is 1. The Balaban J connectivity index is 1.98. The summed E-state index contributed by atoms with van der Waals surface area (Å²) in [6.45, 7) is 0.784. The molecule has 1 amide bonds. The van der Waals surface area contributed by atoms with E-state index >= 15 is 0 Å². The molecular weight excluding hydrogens is 302 g/mol. The molecule has 5 nitrogen and oxygen atoms in total. The molecule has 2 aromatic rings. The predicted molar refractivity (Wildman–Crippen MR) is 78.9 cm³/mol. The van der Waals surface area contributed by atoms with Crippen LogP contribution in [0.1, 0.15) is 24.1 Å². The number of nitrogens with zero attached hydrogens (tertiary/aromatic N) is 3. The molecule has 2 N–H and O–H groups in total. The minimum absolute atomic E-state index is 0.203. The topological polar surface area (TPSA) is 72.1 Å². The van der Waals surface area contributed by atoms with Crippen molar-refractivity contribution < 1.29 is 13.6 Å². The van der Waals surface area contributed by atoms with Crippen molar-refractivity contribution in [1.29, 1.82) is 0 Å². The molecule has 0 bridgehead atoms. The first-order chi connectivity index (χ1) is 11.0. The Morgan fingerprint density at radius 2 is 2.00 bits per heavy atom. The number of carbonyl (C=O) groups excluding carboxylic acids is 1. The summed E-state index contributed by atoms with van der Waals surface area (Å²) < 4.78 is 26.8. The fourth-order valence-corrected chi connectivity index (χ4v) is 3.22. The summed E-state index contributed by atoms with van der Waals surface area (Å²) in [4.78, 5) is 22.3. The number of benzene rings is 1. The maximum absolute atomic E-state index is 13.4. The van der Waals surface area contributed by atoms with Crippen LogP contribution >= 0.6 is 0 Å². The van der Waals surface area contributed by atoms with Gasteiger partial charge >= 0.3 is 0 Å². The van der Waals surface area contributed by atoms with Crippen molar-refractivity contribution in [3.8, 4) is 0 Å². The monoisotopic (exact) mass is 318 g/mol. The number of hydrogen-bond acceptors (Lipinski definition) is 4. The third kappa shape index (κ3) is 2.79. The highest BCUT2D eigenvalue weighted by atomic mass is 19.1. The molecule has 0 radical (unpaired) electrons. The molecule has 1 saturated heterocycles. The standard InChI is InChI=1S/C16H16F2N4O/c17-12-6-11(7-13(18)8-12)10-22-5-1-2-16(22,15(19)23)14-9-20-3-4-21-14/h3-4,6-9H,1-2,5,10H2,(H2,19,23)/t16-/m1/s1. The van der Waals surface area contributed by atoms with Crippen LogP contribution in [0.5, 0.6) is 0 Å². The molecule has 1 aliphatic rings. The Morgan fingerprint density at radius 3 is 2.61 bits per heavy atom. The average molecular weight is 318 g/mol. The fourth-order valence-electron chi connectivity index (χ4n) is 3.22. The molecule has 120 valence electrons. The highest BCUT2D eigenvalue weighted by Gasteiger charge is 2.48. The van der Waals surface area contributed by atoms with Crippen molar-refractivity contribution in [3.63, 3.8) is 0 Å². The van der Waals surface area contributed by atoms with Gasteiger partial charge in [0.2, 0.25) is 5.91 Å². The number of aromatic nitrogens is 2.